The number of nitrogens with one attached hydrogen (secondary N) is 1. The highest BCUT2D eigenvalue weighted by atomic mass is 16.5. The van der Waals surface area contributed by atoms with Crippen LogP contribution in [0.2, 0.25) is 0 Å². The molecule has 0 spiro atoms. The Morgan fingerprint density at radius 3 is 2.64 bits per heavy atom. The van der Waals surface area contributed by atoms with Crippen molar-refractivity contribution in [2.45, 2.75) is 26.3 Å². The van der Waals surface area contributed by atoms with Gasteiger partial charge in [-0.25, -0.2) is 5.48 Å². The molecule has 1 aromatic rings. The van der Waals surface area contributed by atoms with Gasteiger partial charge in [0.2, 0.25) is 0 Å². The van der Waals surface area contributed by atoms with E-state index < -0.39 is 0 Å². The zero-order valence-electron chi connectivity index (χ0n) is 8.87. The highest BCUT2D eigenvalue weighted by Gasteiger charge is 2.10. The molecular formula is C11H17NO2. The van der Waals surface area contributed by atoms with Gasteiger partial charge < -0.3 is 9.94 Å². The predicted octanol–water partition coefficient (Wildman–Crippen LogP) is 2.30. The summed E-state index contributed by atoms with van der Waals surface area (Å²) in [7, 11) is 1.65. The normalized spacial score (nSPS) is 10.6. The maximum Gasteiger partial charge on any atom is 0.126 e. The van der Waals surface area contributed by atoms with Crippen LogP contribution in [-0.4, -0.2) is 12.3 Å². The molecule has 0 heterocycles. The average molecular weight is 195 g/mol. The van der Waals surface area contributed by atoms with Gasteiger partial charge in [-0.15, -0.1) is 0 Å². The molecule has 0 atom stereocenters. The molecule has 1 aromatic carbocycles. The Balaban J connectivity index is 3.11. The van der Waals surface area contributed by atoms with E-state index >= 15 is 0 Å². The number of methoxy groups -OCH3 is 1. The topological polar surface area (TPSA) is 41.5 Å². The molecule has 3 heteroatoms. The van der Waals surface area contributed by atoms with Gasteiger partial charge in [-0.1, -0.05) is 32.0 Å². The van der Waals surface area contributed by atoms with Gasteiger partial charge in [0.05, 0.1) is 7.11 Å². The molecule has 0 aliphatic heterocycles. The van der Waals surface area contributed by atoms with Gasteiger partial charge in [0.15, 0.2) is 0 Å². The van der Waals surface area contributed by atoms with Crippen LogP contribution in [0.1, 0.15) is 30.9 Å². The molecular weight excluding hydrogens is 178 g/mol. The summed E-state index contributed by atoms with van der Waals surface area (Å²) >= 11 is 0. The van der Waals surface area contributed by atoms with E-state index in [0.29, 0.717) is 12.5 Å². The van der Waals surface area contributed by atoms with E-state index in [-0.39, 0.29) is 0 Å². The summed E-state index contributed by atoms with van der Waals surface area (Å²) in [5, 5.41) is 8.66. The van der Waals surface area contributed by atoms with Crippen molar-refractivity contribution in [2.24, 2.45) is 0 Å². The number of hydrogen-bond donors (Lipinski definition) is 2. The summed E-state index contributed by atoms with van der Waals surface area (Å²) in [5.41, 5.74) is 4.29. The number of benzene rings is 1. The van der Waals surface area contributed by atoms with Gasteiger partial charge in [0.25, 0.3) is 0 Å². The fourth-order valence-electron chi connectivity index (χ4n) is 1.53. The molecule has 0 aliphatic rings. The second-order valence-corrected chi connectivity index (χ2v) is 3.53. The summed E-state index contributed by atoms with van der Waals surface area (Å²) < 4.78 is 5.34. The van der Waals surface area contributed by atoms with Crippen LogP contribution in [0.25, 0.3) is 0 Å². The van der Waals surface area contributed by atoms with Crippen LogP contribution in [0.15, 0.2) is 18.2 Å². The first-order valence-corrected chi connectivity index (χ1v) is 4.73. The highest BCUT2D eigenvalue weighted by Crippen LogP contribution is 2.29. The summed E-state index contributed by atoms with van der Waals surface area (Å²) in [4.78, 5) is 0. The molecule has 3 nitrogen and oxygen atoms in total. The van der Waals surface area contributed by atoms with Crippen LogP contribution in [0.3, 0.4) is 0 Å². The molecule has 0 unspecified atom stereocenters. The fourth-order valence-corrected chi connectivity index (χ4v) is 1.53. The minimum atomic E-state index is 0.406. The Morgan fingerprint density at radius 2 is 2.14 bits per heavy atom. The summed E-state index contributed by atoms with van der Waals surface area (Å²) in [6, 6.07) is 5.96. The van der Waals surface area contributed by atoms with Crippen LogP contribution in [0, 0.1) is 0 Å². The molecule has 0 saturated heterocycles. The maximum absolute atomic E-state index is 8.66. The molecule has 78 valence electrons. The Labute approximate surface area is 84.7 Å². The van der Waals surface area contributed by atoms with Crippen molar-refractivity contribution in [1.29, 1.82) is 0 Å². The second-order valence-electron chi connectivity index (χ2n) is 3.53. The Bertz CT molecular complexity index is 297. The smallest absolute Gasteiger partial charge is 0.126 e. The molecule has 0 aliphatic carbocycles. The van der Waals surface area contributed by atoms with Gasteiger partial charge in [-0.3, -0.25) is 0 Å². The quantitative estimate of drug-likeness (QED) is 0.724. The highest BCUT2D eigenvalue weighted by molar-refractivity contribution is 5.43. The molecule has 0 bridgehead atoms. The largest absolute Gasteiger partial charge is 0.496 e. The maximum atomic E-state index is 8.66. The van der Waals surface area contributed by atoms with E-state index in [4.69, 9.17) is 9.94 Å². The van der Waals surface area contributed by atoms with E-state index in [2.05, 4.69) is 19.3 Å². The Morgan fingerprint density at radius 1 is 1.43 bits per heavy atom. The molecule has 0 aromatic heterocycles. The van der Waals surface area contributed by atoms with E-state index in [0.717, 1.165) is 11.3 Å². The van der Waals surface area contributed by atoms with Crippen LogP contribution in [-0.2, 0) is 6.54 Å². The van der Waals surface area contributed by atoms with E-state index in [1.165, 1.54) is 5.56 Å². The monoisotopic (exact) mass is 195 g/mol. The lowest BCUT2D eigenvalue weighted by molar-refractivity contribution is 0.160. The Hall–Kier alpha value is -1.06. The third kappa shape index (κ3) is 2.25. The van der Waals surface area contributed by atoms with Crippen molar-refractivity contribution < 1.29 is 9.94 Å². The summed E-state index contributed by atoms with van der Waals surface area (Å²) in [5.74, 6) is 1.28. The minimum Gasteiger partial charge on any atom is -0.496 e. The summed E-state index contributed by atoms with van der Waals surface area (Å²) in [6.07, 6.45) is 0. The molecule has 0 saturated carbocycles. The number of hydroxylamine groups is 1. The predicted molar refractivity (Wildman–Crippen MR) is 55.7 cm³/mol. The van der Waals surface area contributed by atoms with Crippen molar-refractivity contribution in [2.75, 3.05) is 7.11 Å². The number of para-hydroxylation sites is 1. The second kappa shape index (κ2) is 4.98. The molecule has 0 radical (unpaired) electrons. The van der Waals surface area contributed by atoms with E-state index in [1.807, 2.05) is 18.2 Å². The van der Waals surface area contributed by atoms with Gasteiger partial charge in [-0.05, 0) is 11.5 Å². The minimum absolute atomic E-state index is 0.406. The summed E-state index contributed by atoms with van der Waals surface area (Å²) in [6.45, 7) is 4.64. The number of hydrogen-bond acceptors (Lipinski definition) is 3. The number of ether oxygens (including phenoxy) is 1. The lowest BCUT2D eigenvalue weighted by Gasteiger charge is -2.15. The zero-order valence-corrected chi connectivity index (χ0v) is 8.87. The fraction of sp³-hybridized carbons (Fsp3) is 0.455. The third-order valence-electron chi connectivity index (χ3n) is 2.22. The SMILES string of the molecule is COc1c(CNO)cccc1C(C)C. The molecule has 1 rings (SSSR count). The first-order valence-electron chi connectivity index (χ1n) is 4.73. The Kier molecular flexibility index (Phi) is 3.92. The third-order valence-corrected chi connectivity index (χ3v) is 2.22. The zero-order chi connectivity index (χ0) is 10.6. The first kappa shape index (κ1) is 11.0. The van der Waals surface area contributed by atoms with Gasteiger partial charge in [-0.2, -0.15) is 0 Å². The van der Waals surface area contributed by atoms with Gasteiger partial charge in [0.1, 0.15) is 5.75 Å². The van der Waals surface area contributed by atoms with Crippen molar-refractivity contribution >= 4 is 0 Å². The lowest BCUT2D eigenvalue weighted by atomic mass is 9.99. The average Bonchev–Trinajstić information content (AvgIpc) is 2.18. The van der Waals surface area contributed by atoms with Crippen LogP contribution in [0.5, 0.6) is 5.75 Å². The van der Waals surface area contributed by atoms with Gasteiger partial charge >= 0.3 is 0 Å². The van der Waals surface area contributed by atoms with Crippen LogP contribution >= 0.6 is 0 Å². The molecule has 14 heavy (non-hydrogen) atoms. The number of rotatable bonds is 4. The molecule has 0 fully saturated rings. The van der Waals surface area contributed by atoms with Crippen LogP contribution in [0.4, 0.5) is 0 Å². The van der Waals surface area contributed by atoms with E-state index in [1.54, 1.807) is 7.11 Å². The lowest BCUT2D eigenvalue weighted by Crippen LogP contribution is -2.08. The molecule has 0 amide bonds. The van der Waals surface area contributed by atoms with Crippen molar-refractivity contribution in [3.8, 4) is 5.75 Å². The van der Waals surface area contributed by atoms with Crippen molar-refractivity contribution in [1.82, 2.24) is 5.48 Å². The van der Waals surface area contributed by atoms with Crippen LogP contribution < -0.4 is 10.2 Å². The van der Waals surface area contributed by atoms with Crippen molar-refractivity contribution in [3.05, 3.63) is 29.3 Å². The standard InChI is InChI=1S/C11H17NO2/c1-8(2)10-6-4-5-9(7-12-13)11(10)14-3/h4-6,8,12-13H,7H2,1-3H3. The first-order chi connectivity index (χ1) is 6.70. The molecule has 2 N–H and O–H groups in total. The van der Waals surface area contributed by atoms with Crippen molar-refractivity contribution in [3.63, 3.8) is 0 Å². The van der Waals surface area contributed by atoms with E-state index in [9.17, 15) is 0 Å². The van der Waals surface area contributed by atoms with Gasteiger partial charge in [0, 0.05) is 12.1 Å².